The third-order valence-electron chi connectivity index (χ3n) is 2.56. The fourth-order valence-corrected chi connectivity index (χ4v) is 2.47. The summed E-state index contributed by atoms with van der Waals surface area (Å²) < 4.78 is 0. The quantitative estimate of drug-likeness (QED) is 0.769. The predicted molar refractivity (Wildman–Crippen MR) is 77.6 cm³/mol. The number of hydrogen-bond donors (Lipinski definition) is 2. The van der Waals surface area contributed by atoms with Crippen LogP contribution in [0.15, 0.2) is 12.1 Å². The lowest BCUT2D eigenvalue weighted by Crippen LogP contribution is -2.37. The molecule has 3 N–H and O–H groups in total. The monoisotopic (exact) mass is 280 g/mol. The molecule has 1 aromatic rings. The zero-order valence-electron chi connectivity index (χ0n) is 11.3. The van der Waals surface area contributed by atoms with E-state index in [0.29, 0.717) is 13.0 Å². The highest BCUT2D eigenvalue weighted by Gasteiger charge is 2.13. The Morgan fingerprint density at radius 3 is 2.84 bits per heavy atom. The van der Waals surface area contributed by atoms with Crippen molar-refractivity contribution in [3.05, 3.63) is 21.9 Å². The van der Waals surface area contributed by atoms with Crippen LogP contribution in [0.3, 0.4) is 0 Å². The number of thiophene rings is 1. The lowest BCUT2D eigenvalue weighted by Gasteiger charge is -2.24. The van der Waals surface area contributed by atoms with Crippen LogP contribution >= 0.6 is 11.3 Å². The van der Waals surface area contributed by atoms with Gasteiger partial charge in [-0.05, 0) is 26.0 Å². The Kier molecular flexibility index (Phi) is 6.57. The largest absolute Gasteiger partial charge is 0.395 e. The van der Waals surface area contributed by atoms with E-state index in [1.54, 1.807) is 11.3 Å². The molecule has 1 aromatic heterocycles. The molecule has 0 atom stereocenters. The third kappa shape index (κ3) is 5.88. The fraction of sp³-hybridized carbons (Fsp3) is 0.500. The number of nitrogens with zero attached hydrogens (tertiary/aromatic N) is 1. The first-order valence-corrected chi connectivity index (χ1v) is 7.05. The van der Waals surface area contributed by atoms with Crippen LogP contribution in [-0.4, -0.2) is 35.1 Å². The van der Waals surface area contributed by atoms with E-state index in [0.717, 1.165) is 9.75 Å². The molecular weight excluding hydrogens is 260 g/mol. The Balaban J connectivity index is 2.65. The molecule has 4 nitrogen and oxygen atoms in total. The van der Waals surface area contributed by atoms with E-state index < -0.39 is 0 Å². The van der Waals surface area contributed by atoms with E-state index in [9.17, 15) is 4.79 Å². The molecule has 0 unspecified atom stereocenters. The molecule has 0 spiro atoms. The van der Waals surface area contributed by atoms with Gasteiger partial charge < -0.3 is 10.8 Å². The first-order valence-electron chi connectivity index (χ1n) is 6.23. The number of nitrogens with two attached hydrogens (primary N) is 1. The second kappa shape index (κ2) is 7.95. The minimum Gasteiger partial charge on any atom is -0.395 e. The van der Waals surface area contributed by atoms with Crippen molar-refractivity contribution in [3.63, 3.8) is 0 Å². The van der Waals surface area contributed by atoms with Crippen LogP contribution in [0.5, 0.6) is 0 Å². The van der Waals surface area contributed by atoms with Gasteiger partial charge in [0.05, 0.1) is 18.0 Å². The SMILES string of the molecule is CC(C)N(CC(N)=O)Cc1ccc(C#CCCO)s1. The predicted octanol–water partition coefficient (Wildman–Crippen LogP) is 1.18. The Morgan fingerprint density at radius 2 is 2.26 bits per heavy atom. The average Bonchev–Trinajstić information content (AvgIpc) is 2.76. The summed E-state index contributed by atoms with van der Waals surface area (Å²) in [6.07, 6.45) is 0.493. The molecule has 0 aliphatic heterocycles. The highest BCUT2D eigenvalue weighted by Crippen LogP contribution is 2.18. The van der Waals surface area contributed by atoms with Crippen molar-refractivity contribution in [2.75, 3.05) is 13.2 Å². The van der Waals surface area contributed by atoms with E-state index in [1.165, 1.54) is 0 Å². The molecule has 5 heteroatoms. The van der Waals surface area contributed by atoms with Gasteiger partial charge in [-0.3, -0.25) is 9.69 Å². The van der Waals surface area contributed by atoms with Gasteiger partial charge in [-0.15, -0.1) is 11.3 Å². The van der Waals surface area contributed by atoms with Crippen LogP contribution in [0.4, 0.5) is 0 Å². The molecule has 0 radical (unpaired) electrons. The van der Waals surface area contributed by atoms with Gasteiger partial charge in [-0.25, -0.2) is 0 Å². The van der Waals surface area contributed by atoms with Gasteiger partial charge in [-0.2, -0.15) is 0 Å². The summed E-state index contributed by atoms with van der Waals surface area (Å²) in [7, 11) is 0. The zero-order chi connectivity index (χ0) is 14.3. The van der Waals surface area contributed by atoms with Gasteiger partial charge >= 0.3 is 0 Å². The lowest BCUT2D eigenvalue weighted by molar-refractivity contribution is -0.119. The summed E-state index contributed by atoms with van der Waals surface area (Å²) in [5.41, 5.74) is 5.25. The van der Waals surface area contributed by atoms with Gasteiger partial charge in [0.15, 0.2) is 0 Å². The van der Waals surface area contributed by atoms with Crippen LogP contribution in [0, 0.1) is 11.8 Å². The first-order chi connectivity index (χ1) is 9.02. The molecule has 19 heavy (non-hydrogen) atoms. The first kappa shape index (κ1) is 15.7. The Hall–Kier alpha value is -1.35. The highest BCUT2D eigenvalue weighted by molar-refractivity contribution is 7.12. The van der Waals surface area contributed by atoms with E-state index in [4.69, 9.17) is 10.8 Å². The number of carbonyl (C=O) groups is 1. The molecule has 0 bridgehead atoms. The number of hydrogen-bond acceptors (Lipinski definition) is 4. The topological polar surface area (TPSA) is 66.6 Å². The number of amides is 1. The summed E-state index contributed by atoms with van der Waals surface area (Å²) in [6, 6.07) is 4.25. The van der Waals surface area contributed by atoms with Crippen molar-refractivity contribution in [3.8, 4) is 11.8 Å². The Morgan fingerprint density at radius 1 is 1.53 bits per heavy atom. The van der Waals surface area contributed by atoms with Crippen LogP contribution < -0.4 is 5.73 Å². The van der Waals surface area contributed by atoms with Crippen molar-refractivity contribution >= 4 is 17.2 Å². The summed E-state index contributed by atoms with van der Waals surface area (Å²) in [5.74, 6) is 5.59. The third-order valence-corrected chi connectivity index (χ3v) is 3.54. The number of aliphatic hydroxyl groups is 1. The summed E-state index contributed by atoms with van der Waals surface area (Å²) in [4.78, 5) is 15.2. The number of primary amides is 1. The van der Waals surface area contributed by atoms with Crippen molar-refractivity contribution < 1.29 is 9.90 Å². The van der Waals surface area contributed by atoms with Crippen molar-refractivity contribution in [2.45, 2.75) is 32.9 Å². The van der Waals surface area contributed by atoms with Gasteiger partial charge in [0.2, 0.25) is 5.91 Å². The van der Waals surface area contributed by atoms with Gasteiger partial charge in [0.1, 0.15) is 0 Å². The maximum absolute atomic E-state index is 11.0. The molecule has 0 fully saturated rings. The normalized spacial score (nSPS) is 10.6. The smallest absolute Gasteiger partial charge is 0.231 e. The van der Waals surface area contributed by atoms with Crippen molar-refractivity contribution in [1.29, 1.82) is 0 Å². The average molecular weight is 280 g/mol. The van der Waals surface area contributed by atoms with Crippen LogP contribution in [-0.2, 0) is 11.3 Å². The van der Waals surface area contributed by atoms with Crippen molar-refractivity contribution in [2.24, 2.45) is 5.73 Å². The maximum atomic E-state index is 11.0. The van der Waals surface area contributed by atoms with Crippen LogP contribution in [0.2, 0.25) is 0 Å². The molecular formula is C14H20N2O2S. The Bertz CT molecular complexity index is 471. The maximum Gasteiger partial charge on any atom is 0.231 e. The second-order valence-corrected chi connectivity index (χ2v) is 5.67. The minimum absolute atomic E-state index is 0.0883. The molecule has 0 saturated heterocycles. The molecule has 1 amide bonds. The van der Waals surface area contributed by atoms with Crippen LogP contribution in [0.25, 0.3) is 0 Å². The number of aliphatic hydroxyl groups excluding tert-OH is 1. The fourth-order valence-electron chi connectivity index (χ4n) is 1.56. The summed E-state index contributed by atoms with van der Waals surface area (Å²) in [5, 5.41) is 8.66. The molecule has 0 aliphatic carbocycles. The molecule has 0 saturated carbocycles. The molecule has 1 heterocycles. The molecule has 0 aromatic carbocycles. The van der Waals surface area contributed by atoms with Crippen LogP contribution in [0.1, 0.15) is 30.0 Å². The van der Waals surface area contributed by atoms with E-state index in [-0.39, 0.29) is 25.1 Å². The van der Waals surface area contributed by atoms with Gasteiger partial charge in [-0.1, -0.05) is 11.8 Å². The van der Waals surface area contributed by atoms with Crippen molar-refractivity contribution in [1.82, 2.24) is 4.90 Å². The van der Waals surface area contributed by atoms with Gasteiger partial charge in [0.25, 0.3) is 0 Å². The highest BCUT2D eigenvalue weighted by atomic mass is 32.1. The number of rotatable bonds is 6. The zero-order valence-corrected chi connectivity index (χ0v) is 12.2. The second-order valence-electron chi connectivity index (χ2n) is 4.51. The molecule has 104 valence electrons. The number of carbonyl (C=O) groups excluding carboxylic acids is 1. The summed E-state index contributed by atoms with van der Waals surface area (Å²) >= 11 is 1.61. The van der Waals surface area contributed by atoms with E-state index >= 15 is 0 Å². The minimum atomic E-state index is -0.312. The van der Waals surface area contributed by atoms with E-state index in [1.807, 2.05) is 30.9 Å². The standard InChI is InChI=1S/C14H20N2O2S/c1-11(2)16(10-14(15)18)9-13-7-6-12(19-13)5-3-4-8-17/h6-7,11,17H,4,8-10H2,1-2H3,(H2,15,18). The summed E-state index contributed by atoms with van der Waals surface area (Å²) in [6.45, 7) is 5.13. The van der Waals surface area contributed by atoms with Gasteiger partial charge in [0, 0.05) is 23.9 Å². The lowest BCUT2D eigenvalue weighted by atomic mass is 10.3. The Labute approximate surface area is 118 Å². The van der Waals surface area contributed by atoms with E-state index in [2.05, 4.69) is 11.8 Å². The molecule has 0 aliphatic rings. The molecule has 1 rings (SSSR count).